The van der Waals surface area contributed by atoms with E-state index in [1.807, 2.05) is 26.0 Å². The fourth-order valence-corrected chi connectivity index (χ4v) is 2.21. The normalized spacial score (nSPS) is 16.7. The molecule has 2 rings (SSSR count). The van der Waals surface area contributed by atoms with Gasteiger partial charge in [-0.2, -0.15) is 0 Å². The van der Waals surface area contributed by atoms with Crippen LogP contribution < -0.4 is 16.0 Å². The Morgan fingerprint density at radius 1 is 1.29 bits per heavy atom. The van der Waals surface area contributed by atoms with Crippen LogP contribution >= 0.6 is 0 Å². The molecule has 0 saturated carbocycles. The summed E-state index contributed by atoms with van der Waals surface area (Å²) in [6.45, 7) is 4.91. The first-order valence-electron chi connectivity index (χ1n) is 6.95. The van der Waals surface area contributed by atoms with Crippen LogP contribution in [0.4, 0.5) is 11.4 Å². The lowest BCUT2D eigenvalue weighted by atomic mass is 10.0. The van der Waals surface area contributed by atoms with E-state index in [-0.39, 0.29) is 18.2 Å². The Bertz CT molecular complexity index is 557. The fourth-order valence-electron chi connectivity index (χ4n) is 2.21. The number of nitrogens with one attached hydrogen (secondary N) is 3. The molecule has 0 aromatic heterocycles. The Labute approximate surface area is 124 Å². The Morgan fingerprint density at radius 3 is 2.62 bits per heavy atom. The predicted molar refractivity (Wildman–Crippen MR) is 81.5 cm³/mol. The van der Waals surface area contributed by atoms with Gasteiger partial charge < -0.3 is 20.7 Å². The molecule has 1 unspecified atom stereocenters. The molecule has 1 aliphatic heterocycles. The highest BCUT2D eigenvalue weighted by Gasteiger charge is 2.27. The number of rotatable bonds is 5. The predicted octanol–water partition coefficient (Wildman–Crippen LogP) is 1.19. The molecule has 21 heavy (non-hydrogen) atoms. The maximum atomic E-state index is 12.0. The lowest BCUT2D eigenvalue weighted by Gasteiger charge is -2.27. The van der Waals surface area contributed by atoms with Crippen LogP contribution in [0.25, 0.3) is 0 Å². The van der Waals surface area contributed by atoms with Crippen LogP contribution in [-0.4, -0.2) is 38.1 Å². The average molecular weight is 291 g/mol. The van der Waals surface area contributed by atoms with Gasteiger partial charge in [0.05, 0.1) is 24.4 Å². The number of aryl methyl sites for hydroxylation is 2. The van der Waals surface area contributed by atoms with E-state index >= 15 is 0 Å². The maximum absolute atomic E-state index is 12.0. The molecule has 1 aromatic carbocycles. The van der Waals surface area contributed by atoms with Gasteiger partial charge in [-0.15, -0.1) is 0 Å². The number of methoxy groups -OCH3 is 1. The van der Waals surface area contributed by atoms with E-state index in [0.717, 1.165) is 22.5 Å². The molecule has 6 nitrogen and oxygen atoms in total. The third-order valence-corrected chi connectivity index (χ3v) is 3.56. The Balaban J connectivity index is 2.01. The smallest absolute Gasteiger partial charge is 0.247 e. The second kappa shape index (κ2) is 6.58. The minimum absolute atomic E-state index is 0.0991. The number of fused-ring (bicyclic) bond motifs is 1. The van der Waals surface area contributed by atoms with Crippen molar-refractivity contribution < 1.29 is 14.3 Å². The Morgan fingerprint density at radius 2 is 1.95 bits per heavy atom. The minimum atomic E-state index is -0.554. The van der Waals surface area contributed by atoms with Crippen molar-refractivity contribution in [2.75, 3.05) is 30.9 Å². The molecule has 2 amide bonds. The molecule has 1 atom stereocenters. The minimum Gasteiger partial charge on any atom is -0.383 e. The molecule has 1 heterocycles. The molecule has 1 aliphatic rings. The number of carbonyl (C=O) groups excluding carboxylic acids is 2. The molecule has 0 bridgehead atoms. The van der Waals surface area contributed by atoms with Crippen LogP contribution in [0.1, 0.15) is 17.5 Å². The van der Waals surface area contributed by atoms with E-state index in [1.54, 1.807) is 7.11 Å². The van der Waals surface area contributed by atoms with Gasteiger partial charge in [-0.1, -0.05) is 0 Å². The zero-order valence-corrected chi connectivity index (χ0v) is 12.6. The van der Waals surface area contributed by atoms with Gasteiger partial charge >= 0.3 is 0 Å². The highest BCUT2D eigenvalue weighted by Crippen LogP contribution is 2.30. The van der Waals surface area contributed by atoms with Crippen molar-refractivity contribution in [3.05, 3.63) is 23.3 Å². The summed E-state index contributed by atoms with van der Waals surface area (Å²) in [6.07, 6.45) is 0.0991. The van der Waals surface area contributed by atoms with E-state index in [2.05, 4.69) is 16.0 Å². The summed E-state index contributed by atoms with van der Waals surface area (Å²) >= 11 is 0. The summed E-state index contributed by atoms with van der Waals surface area (Å²) in [5.74, 6) is -0.361. The largest absolute Gasteiger partial charge is 0.383 e. The molecular weight excluding hydrogens is 270 g/mol. The average Bonchev–Trinajstić information content (AvgIpc) is 2.42. The van der Waals surface area contributed by atoms with Gasteiger partial charge in [0, 0.05) is 13.7 Å². The van der Waals surface area contributed by atoms with E-state index in [4.69, 9.17) is 4.74 Å². The van der Waals surface area contributed by atoms with Crippen molar-refractivity contribution in [3.63, 3.8) is 0 Å². The summed E-state index contributed by atoms with van der Waals surface area (Å²) in [4.78, 5) is 23.8. The first kappa shape index (κ1) is 15.3. The first-order valence-corrected chi connectivity index (χ1v) is 6.95. The van der Waals surface area contributed by atoms with Gasteiger partial charge in [-0.05, 0) is 37.1 Å². The molecule has 0 fully saturated rings. The molecule has 0 radical (unpaired) electrons. The zero-order valence-electron chi connectivity index (χ0n) is 12.6. The van der Waals surface area contributed by atoms with Gasteiger partial charge in [-0.3, -0.25) is 9.59 Å². The topological polar surface area (TPSA) is 79.5 Å². The number of ether oxygens (including phenoxy) is 1. The van der Waals surface area contributed by atoms with Crippen molar-refractivity contribution >= 4 is 23.2 Å². The molecule has 0 aliphatic carbocycles. The third kappa shape index (κ3) is 3.72. The number of hydrogen-bond acceptors (Lipinski definition) is 4. The lowest BCUT2D eigenvalue weighted by Crippen LogP contribution is -2.43. The quantitative estimate of drug-likeness (QED) is 0.712. The van der Waals surface area contributed by atoms with E-state index in [1.165, 1.54) is 0 Å². The number of anilines is 2. The molecular formula is C15H21N3O3. The fraction of sp³-hybridized carbons (Fsp3) is 0.467. The van der Waals surface area contributed by atoms with Crippen LogP contribution in [0, 0.1) is 13.8 Å². The lowest BCUT2D eigenvalue weighted by molar-refractivity contribution is -0.125. The number of hydrogen-bond donors (Lipinski definition) is 3. The highest BCUT2D eigenvalue weighted by molar-refractivity contribution is 6.05. The summed E-state index contributed by atoms with van der Waals surface area (Å²) in [5.41, 5.74) is 3.87. The molecule has 6 heteroatoms. The van der Waals surface area contributed by atoms with E-state index in [0.29, 0.717) is 13.2 Å². The first-order chi connectivity index (χ1) is 10.0. The third-order valence-electron chi connectivity index (χ3n) is 3.56. The van der Waals surface area contributed by atoms with Gasteiger partial charge in [0.1, 0.15) is 6.04 Å². The van der Waals surface area contributed by atoms with E-state index in [9.17, 15) is 9.59 Å². The van der Waals surface area contributed by atoms with Gasteiger partial charge in [-0.25, -0.2) is 0 Å². The highest BCUT2D eigenvalue weighted by atomic mass is 16.5. The summed E-state index contributed by atoms with van der Waals surface area (Å²) in [7, 11) is 1.57. The second-order valence-corrected chi connectivity index (χ2v) is 5.22. The number of amides is 2. The standard InChI is InChI=1S/C15H21N3O3/c1-9-6-11-12(7-10(9)2)18-15(20)13(17-11)8-14(19)16-4-5-21-3/h6-7,13,17H,4-5,8H2,1-3H3,(H,16,19)(H,18,20). The summed E-state index contributed by atoms with van der Waals surface area (Å²) in [6, 6.07) is 3.37. The molecule has 0 spiro atoms. The molecule has 0 saturated heterocycles. The number of benzene rings is 1. The van der Waals surface area contributed by atoms with Crippen molar-refractivity contribution in [2.24, 2.45) is 0 Å². The summed E-state index contributed by atoms with van der Waals surface area (Å²) in [5, 5.41) is 8.69. The number of carbonyl (C=O) groups is 2. The van der Waals surface area contributed by atoms with Crippen LogP contribution in [0.2, 0.25) is 0 Å². The van der Waals surface area contributed by atoms with Crippen molar-refractivity contribution in [3.8, 4) is 0 Å². The Hall–Kier alpha value is -2.08. The van der Waals surface area contributed by atoms with Gasteiger partial charge in [0.15, 0.2) is 0 Å². The maximum Gasteiger partial charge on any atom is 0.247 e. The van der Waals surface area contributed by atoms with Crippen molar-refractivity contribution in [2.45, 2.75) is 26.3 Å². The van der Waals surface area contributed by atoms with E-state index < -0.39 is 6.04 Å². The Kier molecular flexibility index (Phi) is 4.80. The second-order valence-electron chi connectivity index (χ2n) is 5.22. The monoisotopic (exact) mass is 291 g/mol. The SMILES string of the molecule is COCCNC(=O)CC1Nc2cc(C)c(C)cc2NC1=O. The van der Waals surface area contributed by atoms with Crippen molar-refractivity contribution in [1.29, 1.82) is 0 Å². The van der Waals surface area contributed by atoms with Crippen LogP contribution in [0.5, 0.6) is 0 Å². The van der Waals surface area contributed by atoms with Crippen molar-refractivity contribution in [1.82, 2.24) is 5.32 Å². The van der Waals surface area contributed by atoms with Gasteiger partial charge in [0.25, 0.3) is 0 Å². The van der Waals surface area contributed by atoms with Gasteiger partial charge in [0.2, 0.25) is 11.8 Å². The van der Waals surface area contributed by atoms with Crippen LogP contribution in [-0.2, 0) is 14.3 Å². The summed E-state index contributed by atoms with van der Waals surface area (Å²) < 4.78 is 4.86. The van der Waals surface area contributed by atoms with Crippen LogP contribution in [0.3, 0.4) is 0 Å². The zero-order chi connectivity index (χ0) is 15.4. The molecule has 3 N–H and O–H groups in total. The molecule has 114 valence electrons. The molecule has 1 aromatic rings. The van der Waals surface area contributed by atoms with Crippen LogP contribution in [0.15, 0.2) is 12.1 Å².